The van der Waals surface area contributed by atoms with E-state index in [1.807, 2.05) is 0 Å². The van der Waals surface area contributed by atoms with Gasteiger partial charge in [-0.1, -0.05) is 47.5 Å². The maximum atomic E-state index is 6.28. The first-order chi connectivity index (χ1) is 8.87. The molecule has 0 saturated heterocycles. The van der Waals surface area contributed by atoms with Crippen molar-refractivity contribution in [2.45, 2.75) is 72.1 Å². The molecular formula is C16H28ClNS. The number of thiazole rings is 1. The molecule has 1 atom stereocenters. The van der Waals surface area contributed by atoms with E-state index in [0.717, 1.165) is 18.7 Å². The average molecular weight is 302 g/mol. The summed E-state index contributed by atoms with van der Waals surface area (Å²) in [5.74, 6) is 0.744. The molecule has 0 amide bonds. The molecule has 0 N–H and O–H groups in total. The molecule has 0 aliphatic heterocycles. The smallest absolute Gasteiger partial charge is 0.0934 e. The van der Waals surface area contributed by atoms with Crippen LogP contribution >= 0.6 is 22.9 Å². The highest BCUT2D eigenvalue weighted by atomic mass is 35.5. The lowest BCUT2D eigenvalue weighted by Gasteiger charge is -2.29. The van der Waals surface area contributed by atoms with Gasteiger partial charge in [-0.3, -0.25) is 0 Å². The first-order valence-corrected chi connectivity index (χ1v) is 8.79. The fourth-order valence-corrected chi connectivity index (χ4v) is 3.82. The lowest BCUT2D eigenvalue weighted by molar-refractivity contribution is 0.278. The molecule has 19 heavy (non-hydrogen) atoms. The van der Waals surface area contributed by atoms with Gasteiger partial charge in [0.25, 0.3) is 0 Å². The number of halogens is 1. The van der Waals surface area contributed by atoms with Gasteiger partial charge in [0.05, 0.1) is 10.7 Å². The van der Waals surface area contributed by atoms with E-state index in [-0.39, 0.29) is 10.8 Å². The van der Waals surface area contributed by atoms with Crippen molar-refractivity contribution in [3.05, 3.63) is 16.1 Å². The minimum atomic E-state index is 0.147. The summed E-state index contributed by atoms with van der Waals surface area (Å²) in [6, 6.07) is 0. The summed E-state index contributed by atoms with van der Waals surface area (Å²) in [6.07, 6.45) is 5.89. The van der Waals surface area contributed by atoms with Gasteiger partial charge in [0, 0.05) is 23.1 Å². The van der Waals surface area contributed by atoms with Crippen molar-refractivity contribution in [3.8, 4) is 0 Å². The molecule has 1 unspecified atom stereocenters. The lowest BCUT2D eigenvalue weighted by atomic mass is 9.79. The molecule has 110 valence electrons. The van der Waals surface area contributed by atoms with Gasteiger partial charge in [0.15, 0.2) is 0 Å². The van der Waals surface area contributed by atoms with E-state index in [4.69, 9.17) is 16.6 Å². The zero-order valence-electron chi connectivity index (χ0n) is 13.1. The van der Waals surface area contributed by atoms with E-state index in [9.17, 15) is 0 Å². The Balaban J connectivity index is 2.82. The molecule has 1 aromatic heterocycles. The molecule has 1 rings (SSSR count). The van der Waals surface area contributed by atoms with Crippen LogP contribution in [0.25, 0.3) is 0 Å². The normalized spacial score (nSPS) is 15.5. The molecule has 0 radical (unpaired) electrons. The Morgan fingerprint density at radius 2 is 1.95 bits per heavy atom. The quantitative estimate of drug-likeness (QED) is 0.579. The Morgan fingerprint density at radius 3 is 2.37 bits per heavy atom. The Morgan fingerprint density at radius 1 is 1.26 bits per heavy atom. The summed E-state index contributed by atoms with van der Waals surface area (Å²) in [5, 5.41) is 3.47. The summed E-state index contributed by atoms with van der Waals surface area (Å²) < 4.78 is 0. The predicted octanol–water partition coefficient (Wildman–Crippen LogP) is 5.81. The summed E-state index contributed by atoms with van der Waals surface area (Å²) in [4.78, 5) is 4.83. The summed E-state index contributed by atoms with van der Waals surface area (Å²) in [7, 11) is 0. The first kappa shape index (κ1) is 17.0. The van der Waals surface area contributed by atoms with Crippen LogP contribution in [-0.4, -0.2) is 10.9 Å². The van der Waals surface area contributed by atoms with Gasteiger partial charge in [0.1, 0.15) is 0 Å². The van der Waals surface area contributed by atoms with Crippen molar-refractivity contribution in [3.63, 3.8) is 0 Å². The second-order valence-corrected chi connectivity index (χ2v) is 7.85. The van der Waals surface area contributed by atoms with Crippen LogP contribution in [0.4, 0.5) is 0 Å². The minimum absolute atomic E-state index is 0.147. The van der Waals surface area contributed by atoms with Crippen LogP contribution in [0.5, 0.6) is 0 Å². The number of hydrogen-bond acceptors (Lipinski definition) is 2. The topological polar surface area (TPSA) is 12.9 Å². The molecule has 3 heteroatoms. The SMILES string of the molecule is CCCCC(CC)(CCl)Cc1nc(C(C)(C)C)cs1. The molecule has 0 saturated carbocycles. The van der Waals surface area contributed by atoms with E-state index in [1.54, 1.807) is 11.3 Å². The maximum Gasteiger partial charge on any atom is 0.0934 e. The Hall–Kier alpha value is -0.0800. The van der Waals surface area contributed by atoms with E-state index in [0.29, 0.717) is 0 Å². The first-order valence-electron chi connectivity index (χ1n) is 7.37. The Kier molecular flexibility index (Phi) is 6.32. The number of rotatable bonds is 7. The van der Waals surface area contributed by atoms with Crippen LogP contribution in [-0.2, 0) is 11.8 Å². The van der Waals surface area contributed by atoms with Gasteiger partial charge in [-0.05, 0) is 18.3 Å². The molecule has 0 fully saturated rings. The third-order valence-electron chi connectivity index (χ3n) is 3.94. The maximum absolute atomic E-state index is 6.28. The average Bonchev–Trinajstić information content (AvgIpc) is 2.83. The van der Waals surface area contributed by atoms with Gasteiger partial charge in [0.2, 0.25) is 0 Å². The van der Waals surface area contributed by atoms with Crippen LogP contribution in [0.2, 0.25) is 0 Å². The predicted molar refractivity (Wildman–Crippen MR) is 87.5 cm³/mol. The van der Waals surface area contributed by atoms with Crippen LogP contribution in [0.1, 0.15) is 71.0 Å². The van der Waals surface area contributed by atoms with Crippen LogP contribution in [0, 0.1) is 5.41 Å². The van der Waals surface area contributed by atoms with Crippen molar-refractivity contribution >= 4 is 22.9 Å². The molecule has 0 aliphatic carbocycles. The third kappa shape index (κ3) is 4.75. The zero-order chi connectivity index (χ0) is 14.5. The van der Waals surface area contributed by atoms with Crippen molar-refractivity contribution in [1.29, 1.82) is 0 Å². The van der Waals surface area contributed by atoms with E-state index >= 15 is 0 Å². The third-order valence-corrected chi connectivity index (χ3v) is 5.36. The number of nitrogens with zero attached hydrogens (tertiary/aromatic N) is 1. The number of hydrogen-bond donors (Lipinski definition) is 0. The standard InChI is InChI=1S/C16H28ClNS/c1-6-8-9-16(7-2,12-17)10-14-18-13(11-19-14)15(3,4)5/h11H,6-10,12H2,1-5H3. The lowest BCUT2D eigenvalue weighted by Crippen LogP contribution is -2.25. The van der Waals surface area contributed by atoms with E-state index in [1.165, 1.54) is 30.0 Å². The second kappa shape index (κ2) is 7.08. The largest absolute Gasteiger partial charge is 0.246 e. The molecule has 1 nitrogen and oxygen atoms in total. The van der Waals surface area contributed by atoms with Crippen molar-refractivity contribution in [1.82, 2.24) is 4.98 Å². The summed E-state index contributed by atoms with van der Waals surface area (Å²) in [5.41, 5.74) is 1.60. The van der Waals surface area contributed by atoms with Crippen LogP contribution < -0.4 is 0 Å². The van der Waals surface area contributed by atoms with E-state index < -0.39 is 0 Å². The summed E-state index contributed by atoms with van der Waals surface area (Å²) in [6.45, 7) is 11.2. The molecule has 1 heterocycles. The molecule has 0 bridgehead atoms. The van der Waals surface area contributed by atoms with Crippen molar-refractivity contribution in [2.24, 2.45) is 5.41 Å². The van der Waals surface area contributed by atoms with Gasteiger partial charge in [-0.2, -0.15) is 0 Å². The van der Waals surface area contributed by atoms with Crippen LogP contribution in [0.3, 0.4) is 0 Å². The Bertz CT molecular complexity index is 374. The molecule has 0 spiro atoms. The van der Waals surface area contributed by atoms with Crippen LogP contribution in [0.15, 0.2) is 5.38 Å². The number of unbranched alkanes of at least 4 members (excludes halogenated alkanes) is 1. The number of aromatic nitrogens is 1. The fourth-order valence-electron chi connectivity index (χ4n) is 2.21. The van der Waals surface area contributed by atoms with Gasteiger partial charge in [-0.25, -0.2) is 4.98 Å². The Labute approximate surface area is 127 Å². The van der Waals surface area contributed by atoms with Gasteiger partial charge in [-0.15, -0.1) is 22.9 Å². The fraction of sp³-hybridized carbons (Fsp3) is 0.812. The van der Waals surface area contributed by atoms with Gasteiger partial charge >= 0.3 is 0 Å². The van der Waals surface area contributed by atoms with Crippen molar-refractivity contribution < 1.29 is 0 Å². The second-order valence-electron chi connectivity index (χ2n) is 6.64. The van der Waals surface area contributed by atoms with Gasteiger partial charge < -0.3 is 0 Å². The zero-order valence-corrected chi connectivity index (χ0v) is 14.6. The molecule has 0 aromatic carbocycles. The number of alkyl halides is 1. The molecular weight excluding hydrogens is 274 g/mol. The minimum Gasteiger partial charge on any atom is -0.246 e. The highest BCUT2D eigenvalue weighted by Gasteiger charge is 2.29. The summed E-state index contributed by atoms with van der Waals surface area (Å²) >= 11 is 8.08. The molecule has 1 aromatic rings. The highest BCUT2D eigenvalue weighted by molar-refractivity contribution is 7.09. The molecule has 0 aliphatic rings. The highest BCUT2D eigenvalue weighted by Crippen LogP contribution is 2.36. The van der Waals surface area contributed by atoms with E-state index in [2.05, 4.69) is 40.0 Å². The van der Waals surface area contributed by atoms with Crippen molar-refractivity contribution in [2.75, 3.05) is 5.88 Å². The monoisotopic (exact) mass is 301 g/mol.